The second-order valence-corrected chi connectivity index (χ2v) is 5.85. The lowest BCUT2D eigenvalue weighted by Crippen LogP contribution is -2.17. The summed E-state index contributed by atoms with van der Waals surface area (Å²) in [4.78, 5) is 10.8. The van der Waals surface area contributed by atoms with Gasteiger partial charge in [0.1, 0.15) is 17.1 Å². The largest absolute Gasteiger partial charge is 0.478 e. The zero-order chi connectivity index (χ0) is 15.8. The minimum Gasteiger partial charge on any atom is -0.478 e. The average Bonchev–Trinajstić information content (AvgIpc) is 2.68. The number of nitrogens with one attached hydrogen (secondary N) is 1. The highest BCUT2D eigenvalue weighted by Crippen LogP contribution is 2.25. The topological polar surface area (TPSA) is 110 Å². The molecule has 2 rings (SSSR count). The van der Waals surface area contributed by atoms with Gasteiger partial charge in [-0.15, -0.1) is 0 Å². The maximum Gasteiger partial charge on any atom is 0.340 e. The summed E-state index contributed by atoms with van der Waals surface area (Å²) in [6.45, 7) is 2.83. The first kappa shape index (κ1) is 15.0. The maximum atomic E-state index is 13.5. The first-order chi connectivity index (χ1) is 9.74. The molecule has 0 saturated heterocycles. The molecule has 9 heteroatoms. The van der Waals surface area contributed by atoms with Crippen molar-refractivity contribution in [2.24, 2.45) is 0 Å². The second-order valence-electron chi connectivity index (χ2n) is 4.23. The molecule has 112 valence electrons. The Morgan fingerprint density at radius 1 is 1.38 bits per heavy atom. The van der Waals surface area contributed by atoms with E-state index in [-0.39, 0.29) is 22.0 Å². The van der Waals surface area contributed by atoms with Crippen LogP contribution in [0.1, 0.15) is 21.8 Å². The van der Waals surface area contributed by atoms with Crippen LogP contribution in [0, 0.1) is 19.7 Å². The number of aromatic nitrogens is 1. The van der Waals surface area contributed by atoms with E-state index >= 15 is 0 Å². The zero-order valence-corrected chi connectivity index (χ0v) is 11.9. The molecule has 0 aliphatic rings. The van der Waals surface area contributed by atoms with Crippen LogP contribution < -0.4 is 4.72 Å². The quantitative estimate of drug-likeness (QED) is 0.892. The Balaban J connectivity index is 2.53. The van der Waals surface area contributed by atoms with Crippen molar-refractivity contribution in [1.82, 2.24) is 5.16 Å². The zero-order valence-electron chi connectivity index (χ0n) is 11.0. The number of carboxylic acid groups (broad SMARTS) is 1. The van der Waals surface area contributed by atoms with E-state index < -0.39 is 27.4 Å². The van der Waals surface area contributed by atoms with Crippen molar-refractivity contribution in [3.8, 4) is 0 Å². The van der Waals surface area contributed by atoms with Crippen molar-refractivity contribution >= 4 is 21.7 Å². The normalized spacial score (nSPS) is 11.4. The van der Waals surface area contributed by atoms with Crippen LogP contribution >= 0.6 is 0 Å². The fourth-order valence-electron chi connectivity index (χ4n) is 1.88. The monoisotopic (exact) mass is 314 g/mol. The van der Waals surface area contributed by atoms with Gasteiger partial charge in [0.15, 0.2) is 10.7 Å². The number of hydrogen-bond donors (Lipinski definition) is 2. The molecule has 0 aliphatic heterocycles. The van der Waals surface area contributed by atoms with E-state index in [0.29, 0.717) is 0 Å². The number of hydrogen-bond acceptors (Lipinski definition) is 5. The third kappa shape index (κ3) is 2.72. The minimum absolute atomic E-state index is 0.0493. The van der Waals surface area contributed by atoms with Crippen LogP contribution in [0.2, 0.25) is 0 Å². The molecule has 0 bridgehead atoms. The Hall–Kier alpha value is -2.42. The van der Waals surface area contributed by atoms with Crippen molar-refractivity contribution in [2.75, 3.05) is 4.72 Å². The lowest BCUT2D eigenvalue weighted by Gasteiger charge is -2.10. The van der Waals surface area contributed by atoms with Gasteiger partial charge in [-0.1, -0.05) is 11.2 Å². The summed E-state index contributed by atoms with van der Waals surface area (Å²) in [6.07, 6.45) is 0. The molecule has 2 aromatic rings. The molecule has 0 saturated carbocycles. The highest BCUT2D eigenvalue weighted by Gasteiger charge is 2.26. The summed E-state index contributed by atoms with van der Waals surface area (Å²) in [5.41, 5.74) is -1.01. The number of anilines is 1. The van der Waals surface area contributed by atoms with E-state index in [1.165, 1.54) is 19.9 Å². The Bertz CT molecular complexity index is 794. The van der Waals surface area contributed by atoms with Crippen LogP contribution in [0.15, 0.2) is 27.6 Å². The molecule has 7 nitrogen and oxygen atoms in total. The van der Waals surface area contributed by atoms with E-state index in [1.807, 2.05) is 4.72 Å². The van der Waals surface area contributed by atoms with Gasteiger partial charge in [0.05, 0.1) is 5.69 Å². The fraction of sp³-hybridized carbons (Fsp3) is 0.167. The molecule has 0 aliphatic carbocycles. The van der Waals surface area contributed by atoms with Gasteiger partial charge in [0.2, 0.25) is 0 Å². The Labute approximate surface area is 119 Å². The minimum atomic E-state index is -4.14. The van der Waals surface area contributed by atoms with Crippen LogP contribution in [0.3, 0.4) is 0 Å². The molecule has 0 amide bonds. The van der Waals surface area contributed by atoms with E-state index in [9.17, 15) is 17.6 Å². The molecule has 0 spiro atoms. The standard InChI is InChI=1S/C12H11FN2O5S/c1-6-11(7(2)20-14-6)21(18,19)15-9-5-3-4-8(13)10(9)12(16)17/h3-5,15H,1-2H3,(H,16,17). The molecular weight excluding hydrogens is 303 g/mol. The Morgan fingerprint density at radius 3 is 2.57 bits per heavy atom. The Morgan fingerprint density at radius 2 is 2.05 bits per heavy atom. The molecule has 1 aromatic heterocycles. The molecule has 0 fully saturated rings. The number of aromatic carboxylic acids is 1. The van der Waals surface area contributed by atoms with Gasteiger partial charge < -0.3 is 9.63 Å². The number of carboxylic acids is 1. The van der Waals surface area contributed by atoms with Crippen molar-refractivity contribution in [1.29, 1.82) is 0 Å². The molecule has 2 N–H and O–H groups in total. The van der Waals surface area contributed by atoms with Gasteiger partial charge in [-0.05, 0) is 26.0 Å². The summed E-state index contributed by atoms with van der Waals surface area (Å²) in [5.74, 6) is -2.57. The number of benzene rings is 1. The summed E-state index contributed by atoms with van der Waals surface area (Å²) in [5, 5.41) is 12.5. The van der Waals surface area contributed by atoms with Gasteiger partial charge in [-0.25, -0.2) is 17.6 Å². The summed E-state index contributed by atoms with van der Waals surface area (Å²) in [7, 11) is -4.14. The summed E-state index contributed by atoms with van der Waals surface area (Å²) < 4.78 is 44.9. The number of nitrogens with zero attached hydrogens (tertiary/aromatic N) is 1. The van der Waals surface area contributed by atoms with Crippen LogP contribution in [0.4, 0.5) is 10.1 Å². The molecule has 21 heavy (non-hydrogen) atoms. The number of carbonyl (C=O) groups is 1. The molecule has 0 radical (unpaired) electrons. The lowest BCUT2D eigenvalue weighted by atomic mass is 10.2. The smallest absolute Gasteiger partial charge is 0.340 e. The molecular formula is C12H11FN2O5S. The highest BCUT2D eigenvalue weighted by molar-refractivity contribution is 7.92. The SMILES string of the molecule is Cc1noc(C)c1S(=O)(=O)Nc1cccc(F)c1C(=O)O. The van der Waals surface area contributed by atoms with Crippen LogP contribution in [-0.4, -0.2) is 24.7 Å². The average molecular weight is 314 g/mol. The molecule has 0 atom stereocenters. The van der Waals surface area contributed by atoms with E-state index in [1.54, 1.807) is 0 Å². The van der Waals surface area contributed by atoms with Gasteiger partial charge in [0, 0.05) is 0 Å². The number of sulfonamides is 1. The first-order valence-corrected chi connectivity index (χ1v) is 7.20. The van der Waals surface area contributed by atoms with Gasteiger partial charge in [-0.2, -0.15) is 0 Å². The van der Waals surface area contributed by atoms with Gasteiger partial charge >= 0.3 is 5.97 Å². The first-order valence-electron chi connectivity index (χ1n) is 5.71. The third-order valence-corrected chi connectivity index (χ3v) is 4.32. The van der Waals surface area contributed by atoms with E-state index in [0.717, 1.165) is 12.1 Å². The lowest BCUT2D eigenvalue weighted by molar-refractivity contribution is 0.0693. The number of rotatable bonds is 4. The third-order valence-electron chi connectivity index (χ3n) is 2.71. The van der Waals surface area contributed by atoms with Crippen LogP contribution in [-0.2, 0) is 10.0 Å². The van der Waals surface area contributed by atoms with E-state index in [4.69, 9.17) is 9.63 Å². The van der Waals surface area contributed by atoms with Crippen molar-refractivity contribution in [2.45, 2.75) is 18.7 Å². The van der Waals surface area contributed by atoms with Crippen molar-refractivity contribution in [3.63, 3.8) is 0 Å². The van der Waals surface area contributed by atoms with Gasteiger partial charge in [-0.3, -0.25) is 4.72 Å². The predicted octanol–water partition coefficient (Wildman–Crippen LogP) is 1.93. The number of halogens is 1. The molecule has 0 unspecified atom stereocenters. The second kappa shape index (κ2) is 5.17. The number of aryl methyl sites for hydroxylation is 2. The highest BCUT2D eigenvalue weighted by atomic mass is 32.2. The van der Waals surface area contributed by atoms with Gasteiger partial charge in [0.25, 0.3) is 10.0 Å². The Kier molecular flexibility index (Phi) is 3.69. The van der Waals surface area contributed by atoms with Crippen LogP contribution in [0.5, 0.6) is 0 Å². The van der Waals surface area contributed by atoms with Crippen molar-refractivity contribution < 1.29 is 27.2 Å². The summed E-state index contributed by atoms with van der Waals surface area (Å²) >= 11 is 0. The van der Waals surface area contributed by atoms with E-state index in [2.05, 4.69) is 5.16 Å². The molecule has 1 aromatic carbocycles. The maximum absolute atomic E-state index is 13.5. The van der Waals surface area contributed by atoms with Crippen LogP contribution in [0.25, 0.3) is 0 Å². The van der Waals surface area contributed by atoms with Crippen molar-refractivity contribution in [3.05, 3.63) is 41.0 Å². The fourth-order valence-corrected chi connectivity index (χ4v) is 3.28. The summed E-state index contributed by atoms with van der Waals surface area (Å²) in [6, 6.07) is 3.28. The molecule has 1 heterocycles. The predicted molar refractivity (Wildman–Crippen MR) is 70.1 cm³/mol.